The number of hydrogen-bond acceptors (Lipinski definition) is 3. The van der Waals surface area contributed by atoms with Crippen molar-refractivity contribution in [1.82, 2.24) is 0 Å². The van der Waals surface area contributed by atoms with E-state index >= 15 is 0 Å². The second-order valence-corrected chi connectivity index (χ2v) is 8.07. The molecule has 1 aromatic carbocycles. The summed E-state index contributed by atoms with van der Waals surface area (Å²) in [6.07, 6.45) is 1.24. The van der Waals surface area contributed by atoms with Gasteiger partial charge >= 0.3 is 0 Å². The normalized spacial score (nSPS) is 15.4. The Morgan fingerprint density at radius 1 is 1.35 bits per heavy atom. The van der Waals surface area contributed by atoms with Crippen LogP contribution in [0, 0.1) is 0 Å². The van der Waals surface area contributed by atoms with Crippen molar-refractivity contribution in [3.05, 3.63) is 28.2 Å². The maximum Gasteiger partial charge on any atom is 0.151 e. The molecule has 0 heterocycles. The molecule has 0 saturated carbocycles. The number of sulfone groups is 1. The van der Waals surface area contributed by atoms with Crippen LogP contribution in [-0.4, -0.2) is 27.0 Å². The van der Waals surface area contributed by atoms with E-state index in [9.17, 15) is 8.42 Å². The van der Waals surface area contributed by atoms with Crippen LogP contribution in [0.25, 0.3) is 0 Å². The molecule has 1 aromatic rings. The van der Waals surface area contributed by atoms with E-state index in [1.54, 1.807) is 14.0 Å². The van der Waals surface area contributed by atoms with Crippen LogP contribution in [0.4, 0.5) is 0 Å². The Labute approximate surface area is 119 Å². The third-order valence-electron chi connectivity index (χ3n) is 2.58. The summed E-state index contributed by atoms with van der Waals surface area (Å²) >= 11 is 6.81. The molecule has 0 amide bonds. The average molecular weight is 386 g/mol. The Morgan fingerprint density at radius 3 is 2.35 bits per heavy atom. The lowest BCUT2D eigenvalue weighted by molar-refractivity contribution is 0.412. The van der Waals surface area contributed by atoms with Gasteiger partial charge in [-0.2, -0.15) is 0 Å². The van der Waals surface area contributed by atoms with E-state index in [1.807, 2.05) is 18.2 Å². The standard InChI is InChI=1S/C11H14Br2O3S/c1-7(17(3,14)15)11(13)8-4-5-10(16-2)9(12)6-8/h4-7,11H,1-3H3. The number of methoxy groups -OCH3 is 1. The lowest BCUT2D eigenvalue weighted by Gasteiger charge is -2.17. The Bertz CT molecular complexity index is 499. The van der Waals surface area contributed by atoms with E-state index in [1.165, 1.54) is 6.26 Å². The molecule has 17 heavy (non-hydrogen) atoms. The van der Waals surface area contributed by atoms with Crippen LogP contribution in [0.1, 0.15) is 17.3 Å². The quantitative estimate of drug-likeness (QED) is 0.746. The van der Waals surface area contributed by atoms with E-state index in [-0.39, 0.29) is 4.83 Å². The van der Waals surface area contributed by atoms with Gasteiger partial charge in [0.05, 0.1) is 21.7 Å². The summed E-state index contributed by atoms with van der Waals surface area (Å²) in [5.74, 6) is 0.723. The van der Waals surface area contributed by atoms with Crippen molar-refractivity contribution in [2.75, 3.05) is 13.4 Å². The van der Waals surface area contributed by atoms with E-state index in [0.717, 1.165) is 15.8 Å². The molecule has 0 N–H and O–H groups in total. The highest BCUT2D eigenvalue weighted by atomic mass is 79.9. The maximum atomic E-state index is 11.5. The van der Waals surface area contributed by atoms with Gasteiger partial charge in [0.2, 0.25) is 0 Å². The monoisotopic (exact) mass is 384 g/mol. The van der Waals surface area contributed by atoms with E-state index < -0.39 is 15.1 Å². The molecule has 0 aliphatic rings. The molecular formula is C11H14Br2O3S. The first-order valence-corrected chi connectivity index (χ1v) is 8.60. The molecule has 2 unspecified atom stereocenters. The molecule has 0 aromatic heterocycles. The molecule has 3 nitrogen and oxygen atoms in total. The van der Waals surface area contributed by atoms with Crippen LogP contribution < -0.4 is 4.74 Å². The third kappa shape index (κ3) is 3.69. The number of halogens is 2. The Kier molecular flexibility index (Phi) is 5.04. The molecule has 0 aliphatic carbocycles. The van der Waals surface area contributed by atoms with Crippen LogP contribution in [-0.2, 0) is 9.84 Å². The molecule has 0 bridgehead atoms. The van der Waals surface area contributed by atoms with Crippen molar-refractivity contribution in [1.29, 1.82) is 0 Å². The first-order valence-electron chi connectivity index (χ1n) is 4.93. The molecule has 0 fully saturated rings. The summed E-state index contributed by atoms with van der Waals surface area (Å²) in [6, 6.07) is 5.52. The highest BCUT2D eigenvalue weighted by Crippen LogP contribution is 2.34. The lowest BCUT2D eigenvalue weighted by Crippen LogP contribution is -2.20. The van der Waals surface area contributed by atoms with Crippen LogP contribution in [0.3, 0.4) is 0 Å². The molecule has 0 radical (unpaired) electrons. The molecule has 0 spiro atoms. The highest BCUT2D eigenvalue weighted by molar-refractivity contribution is 9.10. The van der Waals surface area contributed by atoms with Gasteiger partial charge in [-0.25, -0.2) is 8.42 Å². The van der Waals surface area contributed by atoms with Gasteiger partial charge < -0.3 is 4.74 Å². The Hall–Kier alpha value is -0.0700. The van der Waals surface area contributed by atoms with Crippen molar-refractivity contribution in [2.45, 2.75) is 17.0 Å². The maximum absolute atomic E-state index is 11.5. The zero-order chi connectivity index (χ0) is 13.2. The fraction of sp³-hybridized carbons (Fsp3) is 0.455. The van der Waals surface area contributed by atoms with Gasteiger partial charge in [-0.15, -0.1) is 0 Å². The predicted octanol–water partition coefficient (Wildman–Crippen LogP) is 3.33. The van der Waals surface area contributed by atoms with Gasteiger partial charge in [0.25, 0.3) is 0 Å². The topological polar surface area (TPSA) is 43.4 Å². The molecular weight excluding hydrogens is 372 g/mol. The first-order chi connectivity index (χ1) is 7.77. The van der Waals surface area contributed by atoms with Crippen molar-refractivity contribution in [3.63, 3.8) is 0 Å². The van der Waals surface area contributed by atoms with E-state index in [2.05, 4.69) is 31.9 Å². The number of rotatable bonds is 4. The van der Waals surface area contributed by atoms with Crippen LogP contribution in [0.5, 0.6) is 5.75 Å². The number of hydrogen-bond donors (Lipinski definition) is 0. The lowest BCUT2D eigenvalue weighted by atomic mass is 10.1. The van der Waals surface area contributed by atoms with Crippen LogP contribution in [0.15, 0.2) is 22.7 Å². The second-order valence-electron chi connectivity index (χ2n) is 3.83. The van der Waals surface area contributed by atoms with Crippen molar-refractivity contribution < 1.29 is 13.2 Å². The van der Waals surface area contributed by atoms with Crippen molar-refractivity contribution in [2.24, 2.45) is 0 Å². The Morgan fingerprint density at radius 2 is 1.94 bits per heavy atom. The minimum Gasteiger partial charge on any atom is -0.496 e. The SMILES string of the molecule is COc1ccc(C(Br)C(C)S(C)(=O)=O)cc1Br. The van der Waals surface area contributed by atoms with Gasteiger partial charge in [-0.3, -0.25) is 0 Å². The summed E-state index contributed by atoms with van der Waals surface area (Å²) in [5, 5.41) is -0.484. The van der Waals surface area contributed by atoms with Crippen molar-refractivity contribution >= 4 is 41.7 Å². The van der Waals surface area contributed by atoms with Gasteiger partial charge in [0, 0.05) is 6.26 Å². The van der Waals surface area contributed by atoms with E-state index in [4.69, 9.17) is 4.74 Å². The zero-order valence-corrected chi connectivity index (χ0v) is 13.8. The fourth-order valence-corrected chi connectivity index (χ4v) is 3.95. The summed E-state index contributed by atoms with van der Waals surface area (Å²) in [6.45, 7) is 1.69. The van der Waals surface area contributed by atoms with Crippen LogP contribution in [0.2, 0.25) is 0 Å². The average Bonchev–Trinajstić information content (AvgIpc) is 2.25. The minimum absolute atomic E-state index is 0.236. The van der Waals surface area contributed by atoms with Gasteiger partial charge in [-0.1, -0.05) is 22.0 Å². The number of alkyl halides is 1. The van der Waals surface area contributed by atoms with Crippen LogP contribution >= 0.6 is 31.9 Å². The third-order valence-corrected chi connectivity index (χ3v) is 6.50. The molecule has 2 atom stereocenters. The highest BCUT2D eigenvalue weighted by Gasteiger charge is 2.25. The molecule has 6 heteroatoms. The summed E-state index contributed by atoms with van der Waals surface area (Å²) in [7, 11) is -1.48. The number of benzene rings is 1. The second kappa shape index (κ2) is 5.71. The zero-order valence-electron chi connectivity index (χ0n) is 9.78. The Balaban J connectivity index is 3.05. The molecule has 1 rings (SSSR count). The minimum atomic E-state index is -3.07. The van der Waals surface area contributed by atoms with Gasteiger partial charge in [0.15, 0.2) is 9.84 Å². The summed E-state index contributed by atoms with van der Waals surface area (Å²) in [5.41, 5.74) is 0.899. The molecule has 96 valence electrons. The largest absolute Gasteiger partial charge is 0.496 e. The smallest absolute Gasteiger partial charge is 0.151 e. The van der Waals surface area contributed by atoms with Gasteiger partial charge in [0.1, 0.15) is 5.75 Å². The molecule has 0 saturated heterocycles. The summed E-state index contributed by atoms with van der Waals surface area (Å²) in [4.78, 5) is -0.236. The van der Waals surface area contributed by atoms with Crippen molar-refractivity contribution in [3.8, 4) is 5.75 Å². The molecule has 0 aliphatic heterocycles. The predicted molar refractivity (Wildman–Crippen MR) is 76.7 cm³/mol. The fourth-order valence-electron chi connectivity index (χ4n) is 1.34. The summed E-state index contributed by atoms with van der Waals surface area (Å²) < 4.78 is 28.9. The number of ether oxygens (including phenoxy) is 1. The van der Waals surface area contributed by atoms with E-state index in [0.29, 0.717) is 0 Å². The first kappa shape index (κ1) is 15.0. The van der Waals surface area contributed by atoms with Gasteiger partial charge in [-0.05, 0) is 40.5 Å².